The maximum atomic E-state index is 11.3. The van der Waals surface area contributed by atoms with Crippen LogP contribution < -0.4 is 0 Å². The van der Waals surface area contributed by atoms with Crippen LogP contribution in [0.3, 0.4) is 0 Å². The van der Waals surface area contributed by atoms with Gasteiger partial charge in [-0.2, -0.15) is 0 Å². The monoisotopic (exact) mass is 246 g/mol. The second-order valence-corrected chi connectivity index (χ2v) is 4.90. The van der Waals surface area contributed by atoms with Crippen LogP contribution in [0.1, 0.15) is 59.3 Å². The van der Waals surface area contributed by atoms with Gasteiger partial charge in [-0.25, -0.2) is 0 Å². The lowest BCUT2D eigenvalue weighted by atomic mass is 9.75. The fourth-order valence-electron chi connectivity index (χ4n) is 1.90. The number of aliphatic carboxylic acids is 1. The van der Waals surface area contributed by atoms with Gasteiger partial charge in [-0.1, -0.05) is 39.5 Å². The van der Waals surface area contributed by atoms with E-state index in [4.69, 9.17) is 0 Å². The Morgan fingerprint density at radius 1 is 1.06 bits per heavy atom. The van der Waals surface area contributed by atoms with Crippen molar-refractivity contribution in [2.24, 2.45) is 5.41 Å². The summed E-state index contributed by atoms with van der Waals surface area (Å²) in [4.78, 5) is 11.3. The van der Waals surface area contributed by atoms with Crippen LogP contribution in [-0.2, 0) is 4.79 Å². The lowest BCUT2D eigenvalue weighted by molar-refractivity contribution is -0.167. The minimum absolute atomic E-state index is 0.419. The first kappa shape index (κ1) is 16.4. The second-order valence-electron chi connectivity index (χ2n) is 4.90. The van der Waals surface area contributed by atoms with Crippen molar-refractivity contribution in [3.8, 4) is 0 Å². The van der Waals surface area contributed by atoms with E-state index >= 15 is 0 Å². The number of rotatable bonds is 9. The molecule has 4 nitrogen and oxygen atoms in total. The second kappa shape index (κ2) is 7.67. The standard InChI is InChI=1S/C13H26O4/c1-4-6-8-10(14)13(3,12(16)17)11(15)9-7-5-2/h10-11,14-15H,4-9H2,1-3H3,(H,16,17). The van der Waals surface area contributed by atoms with E-state index in [0.29, 0.717) is 12.8 Å². The molecule has 2 unspecified atom stereocenters. The van der Waals surface area contributed by atoms with Crippen LogP contribution in [0.4, 0.5) is 0 Å². The van der Waals surface area contributed by atoms with Crippen molar-refractivity contribution < 1.29 is 20.1 Å². The first-order chi connectivity index (χ1) is 7.91. The first-order valence-electron chi connectivity index (χ1n) is 6.50. The zero-order valence-electron chi connectivity index (χ0n) is 11.1. The Morgan fingerprint density at radius 3 is 1.65 bits per heavy atom. The Kier molecular flexibility index (Phi) is 7.39. The molecular formula is C13H26O4. The highest BCUT2D eigenvalue weighted by molar-refractivity contribution is 5.75. The van der Waals surface area contributed by atoms with Crippen molar-refractivity contribution in [2.75, 3.05) is 0 Å². The highest BCUT2D eigenvalue weighted by atomic mass is 16.4. The smallest absolute Gasteiger partial charge is 0.314 e. The molecule has 0 aromatic rings. The predicted molar refractivity (Wildman–Crippen MR) is 66.8 cm³/mol. The summed E-state index contributed by atoms with van der Waals surface area (Å²) in [5, 5.41) is 29.2. The maximum absolute atomic E-state index is 11.3. The maximum Gasteiger partial charge on any atom is 0.314 e. The highest BCUT2D eigenvalue weighted by Gasteiger charge is 2.46. The first-order valence-corrected chi connectivity index (χ1v) is 6.50. The van der Waals surface area contributed by atoms with Gasteiger partial charge in [0.05, 0.1) is 12.2 Å². The number of hydrogen-bond donors (Lipinski definition) is 3. The topological polar surface area (TPSA) is 77.8 Å². The van der Waals surface area contributed by atoms with Gasteiger partial charge in [0.15, 0.2) is 0 Å². The molecule has 17 heavy (non-hydrogen) atoms. The van der Waals surface area contributed by atoms with Crippen LogP contribution in [0.25, 0.3) is 0 Å². The summed E-state index contributed by atoms with van der Waals surface area (Å²) in [6.07, 6.45) is 2.19. The number of hydrogen-bond acceptors (Lipinski definition) is 3. The van der Waals surface area contributed by atoms with E-state index in [1.807, 2.05) is 13.8 Å². The molecule has 0 amide bonds. The fraction of sp³-hybridized carbons (Fsp3) is 0.923. The molecule has 0 spiro atoms. The minimum atomic E-state index is -1.45. The van der Waals surface area contributed by atoms with E-state index in [1.165, 1.54) is 6.92 Å². The molecule has 0 aliphatic rings. The fourth-order valence-corrected chi connectivity index (χ4v) is 1.90. The molecular weight excluding hydrogens is 220 g/mol. The molecule has 0 saturated carbocycles. The Bertz CT molecular complexity index is 213. The van der Waals surface area contributed by atoms with Gasteiger partial charge in [0, 0.05) is 0 Å². The van der Waals surface area contributed by atoms with Gasteiger partial charge < -0.3 is 15.3 Å². The van der Waals surface area contributed by atoms with Crippen LogP contribution in [0, 0.1) is 5.41 Å². The third kappa shape index (κ3) is 4.28. The van der Waals surface area contributed by atoms with Gasteiger partial charge in [0.2, 0.25) is 0 Å². The zero-order valence-corrected chi connectivity index (χ0v) is 11.1. The van der Waals surface area contributed by atoms with Gasteiger partial charge in [-0.15, -0.1) is 0 Å². The minimum Gasteiger partial charge on any atom is -0.481 e. The zero-order chi connectivity index (χ0) is 13.5. The summed E-state index contributed by atoms with van der Waals surface area (Å²) in [6.45, 7) is 5.41. The molecule has 0 rings (SSSR count). The van der Waals surface area contributed by atoms with Gasteiger partial charge in [0.25, 0.3) is 0 Å². The van der Waals surface area contributed by atoms with Crippen molar-refractivity contribution in [1.82, 2.24) is 0 Å². The van der Waals surface area contributed by atoms with Crippen LogP contribution >= 0.6 is 0 Å². The largest absolute Gasteiger partial charge is 0.481 e. The van der Waals surface area contributed by atoms with Gasteiger partial charge in [-0.05, 0) is 19.8 Å². The number of aliphatic hydroxyl groups is 2. The molecule has 0 aliphatic carbocycles. The highest BCUT2D eigenvalue weighted by Crippen LogP contribution is 2.32. The molecule has 0 aliphatic heterocycles. The summed E-state index contributed by atoms with van der Waals surface area (Å²) in [7, 11) is 0. The van der Waals surface area contributed by atoms with Crippen LogP contribution in [0.5, 0.6) is 0 Å². The lowest BCUT2D eigenvalue weighted by Crippen LogP contribution is -2.49. The SMILES string of the molecule is CCCCC(O)C(C)(C(=O)O)C(O)CCCC. The number of unbranched alkanes of at least 4 members (excludes halogenated alkanes) is 2. The predicted octanol–water partition coefficient (Wildman–Crippen LogP) is 2.18. The molecule has 0 bridgehead atoms. The van der Waals surface area contributed by atoms with Crippen molar-refractivity contribution in [2.45, 2.75) is 71.5 Å². The molecule has 0 saturated heterocycles. The summed E-state index contributed by atoms with van der Waals surface area (Å²) in [5.74, 6) is -1.12. The lowest BCUT2D eigenvalue weighted by Gasteiger charge is -2.34. The van der Waals surface area contributed by atoms with Crippen molar-refractivity contribution >= 4 is 5.97 Å². The summed E-state index contributed by atoms with van der Waals surface area (Å²) in [6, 6.07) is 0. The van der Waals surface area contributed by atoms with Crippen LogP contribution in [0.2, 0.25) is 0 Å². The van der Waals surface area contributed by atoms with Gasteiger partial charge in [-0.3, -0.25) is 4.79 Å². The van der Waals surface area contributed by atoms with Gasteiger partial charge in [0.1, 0.15) is 5.41 Å². The normalized spacial score (nSPS) is 18.4. The number of carboxylic acid groups (broad SMARTS) is 1. The molecule has 0 radical (unpaired) electrons. The Balaban J connectivity index is 4.69. The average molecular weight is 246 g/mol. The van der Waals surface area contributed by atoms with Crippen LogP contribution in [0.15, 0.2) is 0 Å². The molecule has 3 N–H and O–H groups in total. The van der Waals surface area contributed by atoms with Crippen molar-refractivity contribution in [3.63, 3.8) is 0 Å². The average Bonchev–Trinajstić information content (AvgIpc) is 2.31. The third-order valence-corrected chi connectivity index (χ3v) is 3.51. The van der Waals surface area contributed by atoms with E-state index in [1.54, 1.807) is 0 Å². The third-order valence-electron chi connectivity index (χ3n) is 3.51. The van der Waals surface area contributed by atoms with E-state index < -0.39 is 23.6 Å². The van der Waals surface area contributed by atoms with E-state index in [0.717, 1.165) is 25.7 Å². The number of carboxylic acids is 1. The summed E-state index contributed by atoms with van der Waals surface area (Å²) in [5.41, 5.74) is -1.45. The summed E-state index contributed by atoms with van der Waals surface area (Å²) >= 11 is 0. The van der Waals surface area contributed by atoms with Crippen molar-refractivity contribution in [1.29, 1.82) is 0 Å². The Labute approximate surface area is 104 Å². The molecule has 0 heterocycles. The molecule has 4 heteroatoms. The molecule has 102 valence electrons. The number of aliphatic hydroxyl groups excluding tert-OH is 2. The Morgan fingerprint density at radius 2 is 1.41 bits per heavy atom. The van der Waals surface area contributed by atoms with Crippen molar-refractivity contribution in [3.05, 3.63) is 0 Å². The van der Waals surface area contributed by atoms with E-state index in [2.05, 4.69) is 0 Å². The molecule has 0 fully saturated rings. The van der Waals surface area contributed by atoms with E-state index in [-0.39, 0.29) is 0 Å². The molecule has 0 aromatic heterocycles. The number of carbonyl (C=O) groups is 1. The van der Waals surface area contributed by atoms with E-state index in [9.17, 15) is 20.1 Å². The molecule has 0 aromatic carbocycles. The quantitative estimate of drug-likeness (QED) is 0.582. The molecule has 2 atom stereocenters. The Hall–Kier alpha value is -0.610. The van der Waals surface area contributed by atoms with Crippen LogP contribution in [-0.4, -0.2) is 33.5 Å². The summed E-state index contributed by atoms with van der Waals surface area (Å²) < 4.78 is 0. The van der Waals surface area contributed by atoms with Gasteiger partial charge >= 0.3 is 5.97 Å².